The molecule has 0 bridgehead atoms. The molecule has 0 aliphatic heterocycles. The second kappa shape index (κ2) is 8.06. The maximum atomic E-state index is 12.8. The molecule has 140 valence electrons. The van der Waals surface area contributed by atoms with Crippen LogP contribution in [-0.2, 0) is 16.1 Å². The van der Waals surface area contributed by atoms with E-state index in [1.807, 2.05) is 44.2 Å². The molecule has 0 radical (unpaired) electrons. The van der Waals surface area contributed by atoms with Crippen molar-refractivity contribution in [1.29, 1.82) is 0 Å². The van der Waals surface area contributed by atoms with Gasteiger partial charge in [-0.25, -0.2) is 0 Å². The lowest BCUT2D eigenvalue weighted by Gasteiger charge is -2.06. The van der Waals surface area contributed by atoms with Crippen LogP contribution >= 0.6 is 22.9 Å². The Kier molecular flexibility index (Phi) is 5.77. The highest BCUT2D eigenvalue weighted by molar-refractivity contribution is 7.16. The number of thiazole rings is 1. The summed E-state index contributed by atoms with van der Waals surface area (Å²) in [6, 6.07) is 11.1. The minimum atomic E-state index is -0.405. The number of nitrogens with zero attached hydrogens (tertiary/aromatic N) is 2. The largest absolute Gasteiger partial charge is 0.465 e. The molecule has 0 fully saturated rings. The number of amides is 1. The van der Waals surface area contributed by atoms with Gasteiger partial charge in [-0.3, -0.25) is 9.59 Å². The van der Waals surface area contributed by atoms with Crippen LogP contribution in [0.15, 0.2) is 41.4 Å². The predicted molar refractivity (Wildman–Crippen MR) is 107 cm³/mol. The third-order valence-corrected chi connectivity index (χ3v) is 5.41. The standard InChI is InChI=1S/C20H19ClN2O3S/c1-4-26-17(24)11-23-18-15(21)6-5-7-16(18)27-20(23)22-19(25)14-10-12(2)8-9-13(14)3/h5-10H,4,11H2,1-3H3. The van der Waals surface area contributed by atoms with Crippen LogP contribution in [-0.4, -0.2) is 23.1 Å². The Morgan fingerprint density at radius 3 is 2.74 bits per heavy atom. The molecule has 0 saturated heterocycles. The molecule has 0 N–H and O–H groups in total. The van der Waals surface area contributed by atoms with Crippen molar-refractivity contribution in [2.24, 2.45) is 4.99 Å². The summed E-state index contributed by atoms with van der Waals surface area (Å²) < 4.78 is 7.55. The molecule has 27 heavy (non-hydrogen) atoms. The average molecular weight is 403 g/mol. The van der Waals surface area contributed by atoms with E-state index in [9.17, 15) is 9.59 Å². The molecule has 0 spiro atoms. The third kappa shape index (κ3) is 4.12. The van der Waals surface area contributed by atoms with Crippen molar-refractivity contribution in [2.75, 3.05) is 6.61 Å². The first-order chi connectivity index (χ1) is 12.9. The Bertz CT molecular complexity index is 1100. The predicted octanol–water partition coefficient (Wildman–Crippen LogP) is 4.28. The molecule has 1 amide bonds. The molecule has 7 heteroatoms. The Hall–Kier alpha value is -2.44. The van der Waals surface area contributed by atoms with Crippen LogP contribution in [0, 0.1) is 13.8 Å². The number of hydrogen-bond acceptors (Lipinski definition) is 4. The zero-order valence-corrected chi connectivity index (χ0v) is 16.9. The van der Waals surface area contributed by atoms with Crippen LogP contribution in [0.2, 0.25) is 5.02 Å². The Morgan fingerprint density at radius 2 is 2.00 bits per heavy atom. The molecule has 3 rings (SSSR count). The molecular weight excluding hydrogens is 384 g/mol. The number of aryl methyl sites for hydroxylation is 2. The smallest absolute Gasteiger partial charge is 0.326 e. The zero-order valence-electron chi connectivity index (χ0n) is 15.3. The van der Waals surface area contributed by atoms with Crippen molar-refractivity contribution in [1.82, 2.24) is 4.57 Å². The van der Waals surface area contributed by atoms with Crippen molar-refractivity contribution < 1.29 is 14.3 Å². The molecule has 5 nitrogen and oxygen atoms in total. The fourth-order valence-corrected chi connectivity index (χ4v) is 4.16. The number of benzene rings is 2. The fraction of sp³-hybridized carbons (Fsp3) is 0.250. The molecule has 2 aromatic carbocycles. The molecule has 0 unspecified atom stereocenters. The van der Waals surface area contributed by atoms with Crippen LogP contribution in [0.25, 0.3) is 10.2 Å². The van der Waals surface area contributed by atoms with Crippen LogP contribution in [0.1, 0.15) is 28.4 Å². The summed E-state index contributed by atoms with van der Waals surface area (Å²) in [5.74, 6) is -0.755. The van der Waals surface area contributed by atoms with Crippen molar-refractivity contribution >= 4 is 45.0 Å². The van der Waals surface area contributed by atoms with Gasteiger partial charge in [-0.1, -0.05) is 46.7 Å². The molecule has 1 heterocycles. The number of carbonyl (C=O) groups excluding carboxylic acids is 2. The molecular formula is C20H19ClN2O3S. The number of ether oxygens (including phenoxy) is 1. The molecule has 0 aliphatic carbocycles. The van der Waals surface area contributed by atoms with Gasteiger partial charge in [0.1, 0.15) is 6.54 Å². The van der Waals surface area contributed by atoms with Gasteiger partial charge in [0.15, 0.2) is 4.80 Å². The maximum Gasteiger partial charge on any atom is 0.326 e. The van der Waals surface area contributed by atoms with E-state index in [0.29, 0.717) is 20.9 Å². The first kappa shape index (κ1) is 19.3. The van der Waals surface area contributed by atoms with Gasteiger partial charge in [0.2, 0.25) is 0 Å². The number of aromatic nitrogens is 1. The summed E-state index contributed by atoms with van der Waals surface area (Å²) in [5, 5.41) is 0.494. The molecule has 0 aliphatic rings. The molecule has 1 aromatic heterocycles. The number of fused-ring (bicyclic) bond motifs is 1. The first-order valence-corrected chi connectivity index (χ1v) is 9.70. The molecule has 0 saturated carbocycles. The summed E-state index contributed by atoms with van der Waals surface area (Å²) in [5.41, 5.74) is 3.05. The van der Waals surface area contributed by atoms with Crippen LogP contribution in [0.3, 0.4) is 0 Å². The maximum absolute atomic E-state index is 12.8. The Morgan fingerprint density at radius 1 is 1.22 bits per heavy atom. The second-order valence-electron chi connectivity index (χ2n) is 6.10. The Balaban J connectivity index is 2.16. The van der Waals surface area contributed by atoms with E-state index in [0.717, 1.165) is 15.8 Å². The second-order valence-corrected chi connectivity index (χ2v) is 7.51. The average Bonchev–Trinajstić information content (AvgIpc) is 2.95. The fourth-order valence-electron chi connectivity index (χ4n) is 2.77. The van der Waals surface area contributed by atoms with E-state index in [4.69, 9.17) is 16.3 Å². The van der Waals surface area contributed by atoms with Gasteiger partial charge < -0.3 is 9.30 Å². The van der Waals surface area contributed by atoms with E-state index >= 15 is 0 Å². The van der Waals surface area contributed by atoms with E-state index in [1.165, 1.54) is 11.3 Å². The van der Waals surface area contributed by atoms with Gasteiger partial charge in [-0.05, 0) is 44.5 Å². The van der Waals surface area contributed by atoms with Gasteiger partial charge in [0.25, 0.3) is 5.91 Å². The zero-order chi connectivity index (χ0) is 19.6. The number of hydrogen-bond donors (Lipinski definition) is 0. The highest BCUT2D eigenvalue weighted by Crippen LogP contribution is 2.25. The summed E-state index contributed by atoms with van der Waals surface area (Å²) in [6.45, 7) is 5.77. The quantitative estimate of drug-likeness (QED) is 0.612. The number of rotatable bonds is 4. The summed E-state index contributed by atoms with van der Waals surface area (Å²) >= 11 is 7.66. The number of halogens is 1. The Labute approximate surface area is 165 Å². The van der Waals surface area contributed by atoms with Crippen molar-refractivity contribution in [3.05, 3.63) is 62.9 Å². The van der Waals surface area contributed by atoms with E-state index in [-0.39, 0.29) is 19.1 Å². The van der Waals surface area contributed by atoms with Gasteiger partial charge in [0.05, 0.1) is 21.8 Å². The lowest BCUT2D eigenvalue weighted by molar-refractivity contribution is -0.143. The van der Waals surface area contributed by atoms with E-state index < -0.39 is 5.97 Å². The lowest BCUT2D eigenvalue weighted by Crippen LogP contribution is -2.23. The minimum Gasteiger partial charge on any atom is -0.465 e. The van der Waals surface area contributed by atoms with Crippen LogP contribution in [0.5, 0.6) is 0 Å². The number of esters is 1. The van der Waals surface area contributed by atoms with Gasteiger partial charge in [0, 0.05) is 5.56 Å². The minimum absolute atomic E-state index is 0.0590. The molecule has 3 aromatic rings. The van der Waals surface area contributed by atoms with Crippen molar-refractivity contribution in [3.8, 4) is 0 Å². The van der Waals surface area contributed by atoms with E-state index in [2.05, 4.69) is 4.99 Å². The third-order valence-electron chi connectivity index (χ3n) is 4.07. The summed E-state index contributed by atoms with van der Waals surface area (Å²) in [7, 11) is 0. The normalized spacial score (nSPS) is 11.8. The SMILES string of the molecule is CCOC(=O)Cn1c(=NC(=O)c2cc(C)ccc2C)sc2cccc(Cl)c21. The highest BCUT2D eigenvalue weighted by atomic mass is 35.5. The van der Waals surface area contributed by atoms with E-state index in [1.54, 1.807) is 17.6 Å². The summed E-state index contributed by atoms with van der Waals surface area (Å²) in [4.78, 5) is 29.6. The number of para-hydroxylation sites is 1. The summed E-state index contributed by atoms with van der Waals surface area (Å²) in [6.07, 6.45) is 0. The first-order valence-electron chi connectivity index (χ1n) is 8.50. The van der Waals surface area contributed by atoms with Crippen molar-refractivity contribution in [3.63, 3.8) is 0 Å². The topological polar surface area (TPSA) is 60.7 Å². The lowest BCUT2D eigenvalue weighted by atomic mass is 10.1. The van der Waals surface area contributed by atoms with Gasteiger partial charge >= 0.3 is 5.97 Å². The number of carbonyl (C=O) groups is 2. The van der Waals surface area contributed by atoms with Crippen LogP contribution < -0.4 is 4.80 Å². The van der Waals surface area contributed by atoms with Crippen LogP contribution in [0.4, 0.5) is 0 Å². The molecule has 0 atom stereocenters. The highest BCUT2D eigenvalue weighted by Gasteiger charge is 2.15. The van der Waals surface area contributed by atoms with Gasteiger partial charge in [-0.15, -0.1) is 0 Å². The van der Waals surface area contributed by atoms with Crippen molar-refractivity contribution in [2.45, 2.75) is 27.3 Å². The monoisotopic (exact) mass is 402 g/mol. The van der Waals surface area contributed by atoms with Gasteiger partial charge in [-0.2, -0.15) is 4.99 Å².